The first-order chi connectivity index (χ1) is 7.56. The number of esters is 1. The van der Waals surface area contributed by atoms with Crippen molar-refractivity contribution in [1.82, 2.24) is 10.2 Å². The molecule has 0 aliphatic heterocycles. The van der Waals surface area contributed by atoms with E-state index in [0.717, 1.165) is 0 Å². The van der Waals surface area contributed by atoms with Crippen molar-refractivity contribution in [3.05, 3.63) is 10.7 Å². The van der Waals surface area contributed by atoms with Crippen LogP contribution in [0.4, 0.5) is 0 Å². The van der Waals surface area contributed by atoms with Crippen LogP contribution in [0.1, 0.15) is 31.3 Å². The molecule has 0 unspecified atom stereocenters. The summed E-state index contributed by atoms with van der Waals surface area (Å²) in [4.78, 5) is 11.4. The van der Waals surface area contributed by atoms with Gasteiger partial charge < -0.3 is 9.47 Å². The summed E-state index contributed by atoms with van der Waals surface area (Å²) in [6, 6.07) is 0. The van der Waals surface area contributed by atoms with Crippen LogP contribution >= 0.6 is 11.6 Å². The van der Waals surface area contributed by atoms with Crippen LogP contribution in [0.15, 0.2) is 0 Å². The van der Waals surface area contributed by atoms with Gasteiger partial charge in [-0.25, -0.2) is 4.79 Å². The Morgan fingerprint density at radius 1 is 1.56 bits per heavy atom. The van der Waals surface area contributed by atoms with Crippen LogP contribution in [-0.2, 0) is 4.74 Å². The molecule has 6 heteroatoms. The van der Waals surface area contributed by atoms with E-state index in [1.54, 1.807) is 6.92 Å². The lowest BCUT2D eigenvalue weighted by molar-refractivity contribution is 0.0519. The summed E-state index contributed by atoms with van der Waals surface area (Å²) in [6.07, 6.45) is 0. The Hall–Kier alpha value is -1.23. The fourth-order valence-electron chi connectivity index (χ4n) is 0.992. The molecule has 16 heavy (non-hydrogen) atoms. The highest BCUT2D eigenvalue weighted by atomic mass is 35.5. The lowest BCUT2D eigenvalue weighted by atomic mass is 10.2. The van der Waals surface area contributed by atoms with E-state index < -0.39 is 5.97 Å². The summed E-state index contributed by atoms with van der Waals surface area (Å²) in [5.74, 6) is 0.0663. The Bertz CT molecular complexity index is 363. The molecule has 1 N–H and O–H groups in total. The molecule has 0 spiro atoms. The number of aromatic amines is 1. The number of nitrogens with zero attached hydrogens (tertiary/aromatic N) is 1. The molecule has 0 aliphatic carbocycles. The predicted octanol–water partition coefficient (Wildman–Crippen LogP) is 2.27. The fourth-order valence-corrected chi connectivity index (χ4v) is 1.21. The minimum atomic E-state index is -0.528. The normalized spacial score (nSPS) is 10.6. The average Bonchev–Trinajstić information content (AvgIpc) is 2.57. The third kappa shape index (κ3) is 3.13. The number of nitrogens with one attached hydrogen (secondary N) is 1. The van der Waals surface area contributed by atoms with E-state index in [4.69, 9.17) is 21.1 Å². The molecule has 0 aliphatic rings. The Balaban J connectivity index is 2.72. The van der Waals surface area contributed by atoms with Crippen LogP contribution in [0, 0.1) is 5.92 Å². The van der Waals surface area contributed by atoms with Gasteiger partial charge in [-0.2, -0.15) is 0 Å². The molecule has 90 valence electrons. The van der Waals surface area contributed by atoms with E-state index in [0.29, 0.717) is 12.5 Å². The van der Waals surface area contributed by atoms with E-state index in [-0.39, 0.29) is 23.2 Å². The zero-order valence-electron chi connectivity index (χ0n) is 9.54. The number of hydrogen-bond acceptors (Lipinski definition) is 4. The minimum absolute atomic E-state index is 0.127. The highest BCUT2D eigenvalue weighted by molar-refractivity contribution is 6.34. The molecule has 0 bridgehead atoms. The van der Waals surface area contributed by atoms with Crippen LogP contribution in [0.5, 0.6) is 5.88 Å². The summed E-state index contributed by atoms with van der Waals surface area (Å²) in [5, 5.41) is 6.48. The van der Waals surface area contributed by atoms with Gasteiger partial charge in [0.25, 0.3) is 5.88 Å². The van der Waals surface area contributed by atoms with Crippen LogP contribution in [0.25, 0.3) is 0 Å². The van der Waals surface area contributed by atoms with Crippen LogP contribution < -0.4 is 4.74 Å². The molecule has 1 aromatic heterocycles. The fraction of sp³-hybridized carbons (Fsp3) is 0.600. The molecule has 1 rings (SSSR count). The van der Waals surface area contributed by atoms with Gasteiger partial charge >= 0.3 is 5.97 Å². The highest BCUT2D eigenvalue weighted by Gasteiger charge is 2.19. The van der Waals surface area contributed by atoms with Gasteiger partial charge in [0.05, 0.1) is 13.2 Å². The summed E-state index contributed by atoms with van der Waals surface area (Å²) in [6.45, 7) is 6.52. The van der Waals surface area contributed by atoms with E-state index in [2.05, 4.69) is 10.2 Å². The third-order valence-corrected chi connectivity index (χ3v) is 2.06. The first-order valence-corrected chi connectivity index (χ1v) is 5.47. The molecule has 0 fully saturated rings. The van der Waals surface area contributed by atoms with Crippen molar-refractivity contribution >= 4 is 17.6 Å². The quantitative estimate of drug-likeness (QED) is 0.810. The number of carbonyl (C=O) groups is 1. The van der Waals surface area contributed by atoms with Crippen molar-refractivity contribution < 1.29 is 14.3 Å². The molecule has 1 heterocycles. The number of hydrogen-bond donors (Lipinski definition) is 1. The van der Waals surface area contributed by atoms with Crippen molar-refractivity contribution in [3.8, 4) is 5.88 Å². The number of H-pyrrole nitrogens is 1. The van der Waals surface area contributed by atoms with Crippen molar-refractivity contribution in [3.63, 3.8) is 0 Å². The van der Waals surface area contributed by atoms with Gasteiger partial charge in [-0.3, -0.25) is 5.10 Å². The van der Waals surface area contributed by atoms with E-state index in [1.165, 1.54) is 0 Å². The maximum atomic E-state index is 11.4. The standard InChI is InChI=1S/C10H15ClN2O3/c1-4-15-10(14)8-7(11)9(13-12-8)16-5-6(2)3/h6H,4-5H2,1-3H3,(H,12,13). The van der Waals surface area contributed by atoms with Crippen LogP contribution in [-0.4, -0.2) is 29.4 Å². The monoisotopic (exact) mass is 246 g/mol. The summed E-state index contributed by atoms with van der Waals surface area (Å²) in [7, 11) is 0. The summed E-state index contributed by atoms with van der Waals surface area (Å²) in [5.41, 5.74) is 0.127. The first kappa shape index (κ1) is 12.8. The lowest BCUT2D eigenvalue weighted by Crippen LogP contribution is -2.06. The van der Waals surface area contributed by atoms with E-state index >= 15 is 0 Å². The third-order valence-electron chi connectivity index (χ3n) is 1.71. The molecule has 5 nitrogen and oxygen atoms in total. The Morgan fingerprint density at radius 3 is 2.81 bits per heavy atom. The molecule has 0 aromatic carbocycles. The average molecular weight is 247 g/mol. The Morgan fingerprint density at radius 2 is 2.25 bits per heavy atom. The van der Waals surface area contributed by atoms with Gasteiger partial charge in [-0.1, -0.05) is 25.4 Å². The second kappa shape index (κ2) is 5.75. The van der Waals surface area contributed by atoms with Crippen molar-refractivity contribution in [2.45, 2.75) is 20.8 Å². The lowest BCUT2D eigenvalue weighted by Gasteiger charge is -2.05. The van der Waals surface area contributed by atoms with Crippen LogP contribution in [0.3, 0.4) is 0 Å². The van der Waals surface area contributed by atoms with Crippen LogP contribution in [0.2, 0.25) is 5.02 Å². The molecule has 1 aromatic rings. The van der Waals surface area contributed by atoms with Gasteiger partial charge in [0.15, 0.2) is 5.69 Å². The van der Waals surface area contributed by atoms with Crippen molar-refractivity contribution in [2.24, 2.45) is 5.92 Å². The van der Waals surface area contributed by atoms with Crippen molar-refractivity contribution in [1.29, 1.82) is 0 Å². The smallest absolute Gasteiger partial charge is 0.358 e. The SMILES string of the molecule is CCOC(=O)c1[nH]nc(OCC(C)C)c1Cl. The summed E-state index contributed by atoms with van der Waals surface area (Å²) >= 11 is 5.92. The zero-order chi connectivity index (χ0) is 12.1. The maximum absolute atomic E-state index is 11.4. The largest absolute Gasteiger partial charge is 0.475 e. The Kier molecular flexibility index (Phi) is 4.61. The highest BCUT2D eigenvalue weighted by Crippen LogP contribution is 2.26. The molecule has 0 saturated heterocycles. The van der Waals surface area contributed by atoms with Crippen molar-refractivity contribution in [2.75, 3.05) is 13.2 Å². The molecule has 0 atom stereocenters. The molecule has 0 amide bonds. The molecule has 0 saturated carbocycles. The number of rotatable bonds is 5. The second-order valence-electron chi connectivity index (χ2n) is 3.64. The topological polar surface area (TPSA) is 64.2 Å². The van der Waals surface area contributed by atoms with E-state index in [9.17, 15) is 4.79 Å². The van der Waals surface area contributed by atoms with Gasteiger partial charge in [0.2, 0.25) is 0 Å². The predicted molar refractivity (Wildman–Crippen MR) is 59.9 cm³/mol. The number of halogens is 1. The molecular weight excluding hydrogens is 232 g/mol. The van der Waals surface area contributed by atoms with Gasteiger partial charge in [-0.05, 0) is 12.8 Å². The summed E-state index contributed by atoms with van der Waals surface area (Å²) < 4.78 is 10.1. The number of carbonyl (C=O) groups excluding carboxylic acids is 1. The van der Waals surface area contributed by atoms with E-state index in [1.807, 2.05) is 13.8 Å². The van der Waals surface area contributed by atoms with Gasteiger partial charge in [-0.15, -0.1) is 5.10 Å². The maximum Gasteiger partial charge on any atom is 0.358 e. The zero-order valence-corrected chi connectivity index (χ0v) is 10.3. The van der Waals surface area contributed by atoms with Gasteiger partial charge in [0, 0.05) is 0 Å². The minimum Gasteiger partial charge on any atom is -0.475 e. The number of aromatic nitrogens is 2. The molecule has 0 radical (unpaired) electrons. The Labute approximate surface area is 99.1 Å². The molecular formula is C10H15ClN2O3. The first-order valence-electron chi connectivity index (χ1n) is 5.10. The van der Waals surface area contributed by atoms with Gasteiger partial charge in [0.1, 0.15) is 5.02 Å². The second-order valence-corrected chi connectivity index (χ2v) is 4.02. The number of ether oxygens (including phenoxy) is 2.